The summed E-state index contributed by atoms with van der Waals surface area (Å²) in [6.45, 7) is 1.47. The van der Waals surface area contributed by atoms with Gasteiger partial charge in [-0.1, -0.05) is 23.7 Å². The monoisotopic (exact) mass is 292 g/mol. The zero-order valence-corrected chi connectivity index (χ0v) is 12.1. The van der Waals surface area contributed by atoms with Crippen LogP contribution in [0.1, 0.15) is 24.3 Å². The highest BCUT2D eigenvalue weighted by molar-refractivity contribution is 6.30. The van der Waals surface area contributed by atoms with Gasteiger partial charge in [0.1, 0.15) is 6.04 Å². The van der Waals surface area contributed by atoms with Crippen molar-refractivity contribution in [3.05, 3.63) is 34.9 Å². The fraction of sp³-hybridized carbons (Fsp3) is 0.467. The number of hydrogen-bond acceptors (Lipinski definition) is 2. The lowest BCUT2D eigenvalue weighted by Crippen LogP contribution is -2.54. The van der Waals surface area contributed by atoms with Crippen molar-refractivity contribution < 1.29 is 9.59 Å². The molecule has 2 saturated heterocycles. The fourth-order valence-electron chi connectivity index (χ4n) is 2.91. The second kappa shape index (κ2) is 5.09. The molecule has 4 nitrogen and oxygen atoms in total. The molecule has 1 unspecified atom stereocenters. The second-order valence-electron chi connectivity index (χ2n) is 5.55. The van der Waals surface area contributed by atoms with Crippen LogP contribution in [0.5, 0.6) is 0 Å². The van der Waals surface area contributed by atoms with E-state index in [1.807, 2.05) is 29.2 Å². The van der Waals surface area contributed by atoms with Crippen LogP contribution in [-0.4, -0.2) is 47.8 Å². The second-order valence-corrected chi connectivity index (χ2v) is 5.99. The molecule has 0 saturated carbocycles. The van der Waals surface area contributed by atoms with Crippen LogP contribution in [0.15, 0.2) is 24.3 Å². The normalized spacial score (nSPS) is 23.1. The molecule has 0 bridgehead atoms. The first-order valence-corrected chi connectivity index (χ1v) is 7.24. The molecule has 0 aliphatic carbocycles. The molecule has 3 rings (SSSR count). The summed E-state index contributed by atoms with van der Waals surface area (Å²) < 4.78 is 0. The Morgan fingerprint density at radius 3 is 2.45 bits per heavy atom. The van der Waals surface area contributed by atoms with Crippen molar-refractivity contribution in [2.24, 2.45) is 0 Å². The summed E-state index contributed by atoms with van der Waals surface area (Å²) in [6.07, 6.45) is 1.14. The lowest BCUT2D eigenvalue weighted by atomic mass is 9.91. The van der Waals surface area contributed by atoms with Gasteiger partial charge in [-0.3, -0.25) is 9.59 Å². The predicted octanol–water partition coefficient (Wildman–Crippen LogP) is 1.89. The van der Waals surface area contributed by atoms with E-state index in [2.05, 4.69) is 0 Å². The summed E-state index contributed by atoms with van der Waals surface area (Å²) in [4.78, 5) is 27.2. The topological polar surface area (TPSA) is 40.6 Å². The van der Waals surface area contributed by atoms with Gasteiger partial charge >= 0.3 is 0 Å². The first kappa shape index (κ1) is 13.4. The Hall–Kier alpha value is -1.55. The highest BCUT2D eigenvalue weighted by Gasteiger charge is 2.40. The zero-order valence-electron chi connectivity index (χ0n) is 11.4. The number of rotatable bonds is 2. The number of likely N-dealkylation sites (tertiary alicyclic amines) is 2. The summed E-state index contributed by atoms with van der Waals surface area (Å²) in [5, 5.41) is 0.729. The SMILES string of the molecule is CN1C(=O)CCC1C(=O)N1CC(c2ccc(Cl)cc2)C1. The minimum atomic E-state index is -0.256. The van der Waals surface area contributed by atoms with Crippen LogP contribution in [0.3, 0.4) is 0 Å². The van der Waals surface area contributed by atoms with Gasteiger partial charge < -0.3 is 9.80 Å². The van der Waals surface area contributed by atoms with Gasteiger partial charge in [-0.2, -0.15) is 0 Å². The van der Waals surface area contributed by atoms with Gasteiger partial charge in [0.2, 0.25) is 11.8 Å². The van der Waals surface area contributed by atoms with Crippen LogP contribution in [0.2, 0.25) is 5.02 Å². The molecule has 2 fully saturated rings. The van der Waals surface area contributed by atoms with Crippen molar-refractivity contribution >= 4 is 23.4 Å². The minimum Gasteiger partial charge on any atom is -0.340 e. The van der Waals surface area contributed by atoms with E-state index in [-0.39, 0.29) is 17.9 Å². The van der Waals surface area contributed by atoms with Crippen LogP contribution in [0.4, 0.5) is 0 Å². The molecule has 20 heavy (non-hydrogen) atoms. The van der Waals surface area contributed by atoms with Gasteiger partial charge in [0.15, 0.2) is 0 Å². The van der Waals surface area contributed by atoms with Gasteiger partial charge in [0.25, 0.3) is 0 Å². The molecular weight excluding hydrogens is 276 g/mol. The maximum absolute atomic E-state index is 12.3. The average Bonchev–Trinajstić information content (AvgIpc) is 2.70. The summed E-state index contributed by atoms with van der Waals surface area (Å²) in [5.74, 6) is 0.542. The van der Waals surface area contributed by atoms with Crippen LogP contribution in [0.25, 0.3) is 0 Å². The molecule has 1 atom stereocenters. The lowest BCUT2D eigenvalue weighted by molar-refractivity contribution is -0.143. The number of halogens is 1. The molecular formula is C15H17ClN2O2. The third kappa shape index (κ3) is 2.29. The smallest absolute Gasteiger partial charge is 0.245 e. The van der Waals surface area contributed by atoms with E-state index in [1.54, 1.807) is 11.9 Å². The van der Waals surface area contributed by atoms with E-state index >= 15 is 0 Å². The molecule has 2 amide bonds. The number of nitrogens with zero attached hydrogens (tertiary/aromatic N) is 2. The lowest BCUT2D eigenvalue weighted by Gasteiger charge is -2.41. The first-order valence-electron chi connectivity index (χ1n) is 6.86. The Labute approximate surface area is 123 Å². The zero-order chi connectivity index (χ0) is 14.3. The van der Waals surface area contributed by atoms with Crippen LogP contribution >= 0.6 is 11.6 Å². The van der Waals surface area contributed by atoms with Gasteiger partial charge in [0.05, 0.1) is 0 Å². The number of benzene rings is 1. The van der Waals surface area contributed by atoms with Crippen LogP contribution in [0, 0.1) is 0 Å². The summed E-state index contributed by atoms with van der Waals surface area (Å²) >= 11 is 5.87. The molecule has 1 aromatic carbocycles. The van der Waals surface area contributed by atoms with Gasteiger partial charge in [0, 0.05) is 37.5 Å². The molecule has 5 heteroatoms. The van der Waals surface area contributed by atoms with E-state index < -0.39 is 0 Å². The molecule has 2 heterocycles. The molecule has 2 aliphatic heterocycles. The van der Waals surface area contributed by atoms with E-state index in [9.17, 15) is 9.59 Å². The largest absolute Gasteiger partial charge is 0.340 e. The van der Waals surface area contributed by atoms with Crippen molar-refractivity contribution in [3.8, 4) is 0 Å². The van der Waals surface area contributed by atoms with Gasteiger partial charge in [-0.25, -0.2) is 0 Å². The minimum absolute atomic E-state index is 0.0677. The molecule has 1 aromatic rings. The number of likely N-dealkylation sites (N-methyl/N-ethyl adjacent to an activating group) is 1. The third-order valence-corrected chi connectivity index (χ3v) is 4.56. The fourth-order valence-corrected chi connectivity index (χ4v) is 3.03. The number of hydrogen-bond donors (Lipinski definition) is 0. The molecule has 2 aliphatic rings. The van der Waals surface area contributed by atoms with Crippen molar-refractivity contribution in [2.75, 3.05) is 20.1 Å². The molecule has 0 spiro atoms. The Kier molecular flexibility index (Phi) is 3.42. The van der Waals surface area contributed by atoms with Crippen molar-refractivity contribution in [1.82, 2.24) is 9.80 Å². The van der Waals surface area contributed by atoms with E-state index in [0.29, 0.717) is 18.8 Å². The van der Waals surface area contributed by atoms with E-state index in [0.717, 1.165) is 18.1 Å². The highest BCUT2D eigenvalue weighted by Crippen LogP contribution is 2.30. The Balaban J connectivity index is 1.59. The number of carbonyl (C=O) groups excluding carboxylic acids is 2. The number of amides is 2. The standard InChI is InChI=1S/C15H17ClN2O2/c1-17-13(6-7-14(17)19)15(20)18-8-11(9-18)10-2-4-12(16)5-3-10/h2-5,11,13H,6-9H2,1H3. The molecule has 0 aromatic heterocycles. The van der Waals surface area contributed by atoms with Gasteiger partial charge in [-0.05, 0) is 24.1 Å². The van der Waals surface area contributed by atoms with Crippen molar-refractivity contribution in [1.29, 1.82) is 0 Å². The molecule has 0 radical (unpaired) electrons. The van der Waals surface area contributed by atoms with Crippen molar-refractivity contribution in [2.45, 2.75) is 24.8 Å². The maximum Gasteiger partial charge on any atom is 0.245 e. The van der Waals surface area contributed by atoms with E-state index in [1.165, 1.54) is 5.56 Å². The molecule has 0 N–H and O–H groups in total. The Morgan fingerprint density at radius 2 is 1.90 bits per heavy atom. The van der Waals surface area contributed by atoms with Crippen molar-refractivity contribution in [3.63, 3.8) is 0 Å². The van der Waals surface area contributed by atoms with Crippen LogP contribution < -0.4 is 0 Å². The van der Waals surface area contributed by atoms with Gasteiger partial charge in [-0.15, -0.1) is 0 Å². The van der Waals surface area contributed by atoms with Crippen LogP contribution in [-0.2, 0) is 9.59 Å². The summed E-state index contributed by atoms with van der Waals surface area (Å²) in [6, 6.07) is 7.53. The van der Waals surface area contributed by atoms with E-state index in [4.69, 9.17) is 11.6 Å². The predicted molar refractivity (Wildman–Crippen MR) is 76.6 cm³/mol. The summed E-state index contributed by atoms with van der Waals surface area (Å²) in [7, 11) is 1.72. The summed E-state index contributed by atoms with van der Waals surface area (Å²) in [5.41, 5.74) is 1.22. The average molecular weight is 293 g/mol. The maximum atomic E-state index is 12.3. The first-order chi connectivity index (χ1) is 9.56. The Morgan fingerprint density at radius 1 is 1.25 bits per heavy atom. The highest BCUT2D eigenvalue weighted by atomic mass is 35.5. The molecule has 106 valence electrons. The quantitative estimate of drug-likeness (QED) is 0.835. The third-order valence-electron chi connectivity index (χ3n) is 4.31. The number of carbonyl (C=O) groups is 2. The Bertz CT molecular complexity index is 537.